The topological polar surface area (TPSA) is 20.3 Å². The van der Waals surface area contributed by atoms with Gasteiger partial charge in [-0.1, -0.05) is 41.9 Å². The number of nitrogens with zero attached hydrogens (tertiary/aromatic N) is 1. The van der Waals surface area contributed by atoms with Crippen LogP contribution in [0, 0.1) is 3.57 Å². The summed E-state index contributed by atoms with van der Waals surface area (Å²) in [4.78, 5) is 14.3. The molecule has 4 heteroatoms. The second kappa shape index (κ2) is 6.59. The number of hydrogen-bond acceptors (Lipinski definition) is 1. The van der Waals surface area contributed by atoms with Crippen molar-refractivity contribution in [3.63, 3.8) is 0 Å². The maximum absolute atomic E-state index is 12.6. The zero-order valence-corrected chi connectivity index (χ0v) is 14.2. The van der Waals surface area contributed by atoms with Gasteiger partial charge in [-0.25, -0.2) is 0 Å². The van der Waals surface area contributed by atoms with Crippen LogP contribution in [0.1, 0.15) is 28.9 Å². The first kappa shape index (κ1) is 15.3. The summed E-state index contributed by atoms with van der Waals surface area (Å²) < 4.78 is 0.907. The molecule has 1 amide bonds. The summed E-state index contributed by atoms with van der Waals surface area (Å²) in [6.07, 6.45) is 0. The summed E-state index contributed by atoms with van der Waals surface area (Å²) in [7, 11) is 1.82. The lowest BCUT2D eigenvalue weighted by Gasteiger charge is -2.26. The molecule has 2 aromatic carbocycles. The van der Waals surface area contributed by atoms with Crippen LogP contribution in [0.4, 0.5) is 0 Å². The highest BCUT2D eigenvalue weighted by Gasteiger charge is 2.20. The van der Waals surface area contributed by atoms with Crippen molar-refractivity contribution in [1.29, 1.82) is 0 Å². The lowest BCUT2D eigenvalue weighted by molar-refractivity contribution is 0.0741. The number of hydrogen-bond donors (Lipinski definition) is 0. The van der Waals surface area contributed by atoms with Crippen molar-refractivity contribution in [2.45, 2.75) is 13.0 Å². The minimum atomic E-state index is -0.0201. The molecule has 0 aromatic heterocycles. The van der Waals surface area contributed by atoms with E-state index in [0.717, 1.165) is 9.13 Å². The first-order chi connectivity index (χ1) is 9.50. The fourth-order valence-corrected chi connectivity index (χ4v) is 2.72. The first-order valence-corrected chi connectivity index (χ1v) is 7.73. The Morgan fingerprint density at radius 3 is 2.50 bits per heavy atom. The number of carbonyl (C=O) groups excluding carboxylic acids is 1. The monoisotopic (exact) mass is 399 g/mol. The van der Waals surface area contributed by atoms with Gasteiger partial charge in [0.1, 0.15) is 0 Å². The molecule has 1 atom stereocenters. The van der Waals surface area contributed by atoms with E-state index in [1.54, 1.807) is 17.0 Å². The molecule has 0 saturated carbocycles. The van der Waals surface area contributed by atoms with Crippen LogP contribution >= 0.6 is 34.2 Å². The molecule has 0 aliphatic carbocycles. The molecule has 0 saturated heterocycles. The van der Waals surface area contributed by atoms with E-state index in [9.17, 15) is 4.79 Å². The van der Waals surface area contributed by atoms with Crippen molar-refractivity contribution in [2.75, 3.05) is 7.05 Å². The molecule has 2 nitrogen and oxygen atoms in total. The summed E-state index contributed by atoms with van der Waals surface area (Å²) in [6, 6.07) is 15.4. The molecular formula is C16H15ClINO. The van der Waals surface area contributed by atoms with Crippen molar-refractivity contribution in [3.05, 3.63) is 68.3 Å². The lowest BCUT2D eigenvalue weighted by atomic mass is 10.1. The van der Waals surface area contributed by atoms with E-state index in [1.807, 2.05) is 50.4 Å². The average molecular weight is 400 g/mol. The third-order valence-corrected chi connectivity index (χ3v) is 4.52. The highest BCUT2D eigenvalue weighted by Crippen LogP contribution is 2.24. The van der Waals surface area contributed by atoms with Crippen LogP contribution in [0.2, 0.25) is 5.02 Å². The van der Waals surface area contributed by atoms with Crippen LogP contribution in [0.3, 0.4) is 0 Å². The van der Waals surface area contributed by atoms with Crippen LogP contribution in [-0.4, -0.2) is 17.9 Å². The van der Waals surface area contributed by atoms with Crippen LogP contribution in [0.25, 0.3) is 0 Å². The van der Waals surface area contributed by atoms with Gasteiger partial charge in [0.25, 0.3) is 5.91 Å². The van der Waals surface area contributed by atoms with Gasteiger partial charge in [0.2, 0.25) is 0 Å². The third kappa shape index (κ3) is 3.33. The first-order valence-electron chi connectivity index (χ1n) is 6.28. The largest absolute Gasteiger partial charge is 0.335 e. The van der Waals surface area contributed by atoms with Crippen molar-refractivity contribution in [2.24, 2.45) is 0 Å². The van der Waals surface area contributed by atoms with Gasteiger partial charge in [-0.05, 0) is 53.3 Å². The Morgan fingerprint density at radius 2 is 1.85 bits per heavy atom. The van der Waals surface area contributed by atoms with Gasteiger partial charge < -0.3 is 4.90 Å². The minimum absolute atomic E-state index is 0.0125. The molecule has 20 heavy (non-hydrogen) atoms. The van der Waals surface area contributed by atoms with Gasteiger partial charge in [0.05, 0.1) is 11.6 Å². The molecule has 0 heterocycles. The fourth-order valence-electron chi connectivity index (χ4n) is 1.98. The number of benzene rings is 2. The van der Waals surface area contributed by atoms with Gasteiger partial charge in [0, 0.05) is 15.6 Å². The molecule has 0 aliphatic heterocycles. The number of rotatable bonds is 3. The van der Waals surface area contributed by atoms with Gasteiger partial charge in [-0.15, -0.1) is 0 Å². The summed E-state index contributed by atoms with van der Waals surface area (Å²) >= 11 is 8.15. The van der Waals surface area contributed by atoms with Crippen molar-refractivity contribution < 1.29 is 4.79 Å². The highest BCUT2D eigenvalue weighted by atomic mass is 127. The Labute approximate surface area is 137 Å². The van der Waals surface area contributed by atoms with Crippen LogP contribution in [0.15, 0.2) is 48.5 Å². The van der Waals surface area contributed by atoms with Crippen molar-refractivity contribution in [1.82, 2.24) is 4.90 Å². The lowest BCUT2D eigenvalue weighted by Crippen LogP contribution is -2.30. The predicted octanol–water partition coefficient (Wildman–Crippen LogP) is 4.78. The SMILES string of the molecule is CC(c1ccccc1)N(C)C(=O)c1cc(Cl)ccc1I. The van der Waals surface area contributed by atoms with Crippen molar-refractivity contribution in [3.8, 4) is 0 Å². The Balaban J connectivity index is 2.27. The molecular weight excluding hydrogens is 385 g/mol. The number of carbonyl (C=O) groups is 1. The molecule has 0 bridgehead atoms. The van der Waals surface area contributed by atoms with Gasteiger partial charge in [-0.2, -0.15) is 0 Å². The maximum Gasteiger partial charge on any atom is 0.255 e. The van der Waals surface area contributed by atoms with E-state index >= 15 is 0 Å². The molecule has 2 aromatic rings. The average Bonchev–Trinajstić information content (AvgIpc) is 2.48. The van der Waals surface area contributed by atoms with E-state index in [4.69, 9.17) is 11.6 Å². The summed E-state index contributed by atoms with van der Waals surface area (Å²) in [5.41, 5.74) is 1.75. The normalized spacial score (nSPS) is 12.0. The summed E-state index contributed by atoms with van der Waals surface area (Å²) in [6.45, 7) is 2.02. The number of halogens is 2. The minimum Gasteiger partial charge on any atom is -0.335 e. The quantitative estimate of drug-likeness (QED) is 0.680. The summed E-state index contributed by atoms with van der Waals surface area (Å²) in [5.74, 6) is -0.0201. The Morgan fingerprint density at radius 1 is 1.20 bits per heavy atom. The smallest absolute Gasteiger partial charge is 0.255 e. The molecule has 2 rings (SSSR count). The molecule has 0 fully saturated rings. The molecule has 0 aliphatic rings. The zero-order chi connectivity index (χ0) is 14.7. The van der Waals surface area contributed by atoms with Gasteiger partial charge in [0.15, 0.2) is 0 Å². The fraction of sp³-hybridized carbons (Fsp3) is 0.188. The van der Waals surface area contributed by atoms with Crippen molar-refractivity contribution >= 4 is 40.1 Å². The Hall–Kier alpha value is -1.07. The molecule has 0 spiro atoms. The number of amides is 1. The van der Waals surface area contributed by atoms with E-state index in [2.05, 4.69) is 22.6 Å². The molecule has 1 unspecified atom stereocenters. The highest BCUT2D eigenvalue weighted by molar-refractivity contribution is 14.1. The Kier molecular flexibility index (Phi) is 5.05. The molecule has 104 valence electrons. The third-order valence-electron chi connectivity index (χ3n) is 3.34. The zero-order valence-electron chi connectivity index (χ0n) is 11.3. The molecule has 0 N–H and O–H groups in total. The summed E-state index contributed by atoms with van der Waals surface area (Å²) in [5, 5.41) is 0.578. The standard InChI is InChI=1S/C16H15ClINO/c1-11(12-6-4-3-5-7-12)19(2)16(20)14-10-13(17)8-9-15(14)18/h3-11H,1-2H3. The van der Waals surface area contributed by atoms with Crippen LogP contribution in [0.5, 0.6) is 0 Å². The van der Waals surface area contributed by atoms with E-state index in [0.29, 0.717) is 10.6 Å². The maximum atomic E-state index is 12.6. The van der Waals surface area contributed by atoms with Gasteiger partial charge in [-0.3, -0.25) is 4.79 Å². The van der Waals surface area contributed by atoms with E-state index in [-0.39, 0.29) is 11.9 Å². The predicted molar refractivity (Wildman–Crippen MR) is 91.1 cm³/mol. The van der Waals surface area contributed by atoms with E-state index in [1.165, 1.54) is 0 Å². The van der Waals surface area contributed by atoms with E-state index < -0.39 is 0 Å². The second-order valence-electron chi connectivity index (χ2n) is 4.63. The van der Waals surface area contributed by atoms with Gasteiger partial charge >= 0.3 is 0 Å². The van der Waals surface area contributed by atoms with Crippen LogP contribution in [-0.2, 0) is 0 Å². The molecule has 0 radical (unpaired) electrons. The Bertz CT molecular complexity index is 615. The van der Waals surface area contributed by atoms with Crippen LogP contribution < -0.4 is 0 Å². The second-order valence-corrected chi connectivity index (χ2v) is 6.23.